The lowest BCUT2D eigenvalue weighted by atomic mass is 10.1. The van der Waals surface area contributed by atoms with E-state index in [-0.39, 0.29) is 0 Å². The van der Waals surface area contributed by atoms with Crippen molar-refractivity contribution in [1.29, 1.82) is 0 Å². The van der Waals surface area contributed by atoms with E-state index < -0.39 is 0 Å². The highest BCUT2D eigenvalue weighted by Crippen LogP contribution is 2.38. The smallest absolute Gasteiger partial charge is 0.139 e. The van der Waals surface area contributed by atoms with Crippen LogP contribution in [0.25, 0.3) is 43.9 Å². The fraction of sp³-hybridized carbons (Fsp3) is 0.471. The van der Waals surface area contributed by atoms with Gasteiger partial charge >= 0.3 is 0 Å². The number of hydrogen-bond acceptors (Lipinski definition) is 4. The first kappa shape index (κ1) is 26.5. The zero-order valence-corrected chi connectivity index (χ0v) is 23.2. The van der Waals surface area contributed by atoms with Crippen LogP contribution in [0.1, 0.15) is 90.9 Å². The second-order valence-electron chi connectivity index (χ2n) is 10.6. The van der Waals surface area contributed by atoms with Crippen molar-refractivity contribution in [3.63, 3.8) is 0 Å². The molecule has 0 spiro atoms. The molecule has 0 aliphatic carbocycles. The summed E-state index contributed by atoms with van der Waals surface area (Å²) in [6.45, 7) is 6.01. The van der Waals surface area contributed by atoms with E-state index >= 15 is 0 Å². The molecule has 5 rings (SSSR count). The van der Waals surface area contributed by atoms with Gasteiger partial charge in [0.15, 0.2) is 0 Å². The Morgan fingerprint density at radius 3 is 1.58 bits per heavy atom. The highest BCUT2D eigenvalue weighted by Gasteiger charge is 2.14. The Kier molecular flexibility index (Phi) is 9.11. The minimum absolute atomic E-state index is 0.750. The quantitative estimate of drug-likeness (QED) is 0.123. The molecular formula is C34H42O4. The summed E-state index contributed by atoms with van der Waals surface area (Å²) in [6, 6.07) is 16.5. The van der Waals surface area contributed by atoms with Gasteiger partial charge in [0.05, 0.1) is 13.2 Å². The van der Waals surface area contributed by atoms with Gasteiger partial charge in [-0.3, -0.25) is 0 Å². The van der Waals surface area contributed by atoms with Crippen LogP contribution in [-0.2, 0) is 0 Å². The number of furan rings is 2. The third kappa shape index (κ3) is 6.28. The molecule has 0 aliphatic rings. The summed E-state index contributed by atoms with van der Waals surface area (Å²) in [5, 5.41) is 4.26. The second kappa shape index (κ2) is 13.1. The van der Waals surface area contributed by atoms with Gasteiger partial charge in [0, 0.05) is 27.6 Å². The van der Waals surface area contributed by atoms with Crippen molar-refractivity contribution >= 4 is 43.9 Å². The van der Waals surface area contributed by atoms with Crippen molar-refractivity contribution in [1.82, 2.24) is 0 Å². The van der Waals surface area contributed by atoms with Crippen molar-refractivity contribution < 1.29 is 18.3 Å². The summed E-state index contributed by atoms with van der Waals surface area (Å²) in [5.74, 6) is 1.76. The molecule has 0 amide bonds. The molecule has 0 aliphatic heterocycles. The van der Waals surface area contributed by atoms with Gasteiger partial charge in [-0.15, -0.1) is 0 Å². The summed E-state index contributed by atoms with van der Waals surface area (Å²) in [6.07, 6.45) is 15.1. The predicted octanol–water partition coefficient (Wildman–Crippen LogP) is 11.0. The standard InChI is InChI=1S/C34H42O4/c1-3-5-7-9-11-13-19-35-25-16-18-31-28(21-25)30-24-33-29(23-34(30)37-31)27-17-15-26(22-32(27)38-33)36-20-14-12-10-8-6-4-2/h15-18,21-24H,3-14,19-20H2,1-2H3. The second-order valence-corrected chi connectivity index (χ2v) is 10.6. The number of fused-ring (bicyclic) bond motifs is 6. The van der Waals surface area contributed by atoms with Gasteiger partial charge in [-0.25, -0.2) is 0 Å². The average Bonchev–Trinajstić information content (AvgIpc) is 3.47. The maximum atomic E-state index is 6.29. The predicted molar refractivity (Wildman–Crippen MR) is 159 cm³/mol. The van der Waals surface area contributed by atoms with E-state index in [0.717, 1.165) is 81.4 Å². The highest BCUT2D eigenvalue weighted by molar-refractivity contribution is 6.15. The minimum Gasteiger partial charge on any atom is -0.494 e. The van der Waals surface area contributed by atoms with Crippen molar-refractivity contribution in [3.05, 3.63) is 48.5 Å². The minimum atomic E-state index is 0.750. The van der Waals surface area contributed by atoms with Crippen LogP contribution < -0.4 is 9.47 Å². The van der Waals surface area contributed by atoms with Crippen LogP contribution in [0.15, 0.2) is 57.4 Å². The van der Waals surface area contributed by atoms with Crippen LogP contribution in [0, 0.1) is 0 Å². The number of hydrogen-bond donors (Lipinski definition) is 0. The van der Waals surface area contributed by atoms with Crippen LogP contribution >= 0.6 is 0 Å². The molecule has 4 nitrogen and oxygen atoms in total. The van der Waals surface area contributed by atoms with Crippen molar-refractivity contribution in [2.45, 2.75) is 90.9 Å². The van der Waals surface area contributed by atoms with Crippen LogP contribution in [0.2, 0.25) is 0 Å². The maximum Gasteiger partial charge on any atom is 0.139 e. The third-order valence-electron chi connectivity index (χ3n) is 7.54. The molecule has 0 fully saturated rings. The van der Waals surface area contributed by atoms with Gasteiger partial charge in [0.2, 0.25) is 0 Å². The van der Waals surface area contributed by atoms with Crippen LogP contribution in [0.3, 0.4) is 0 Å². The van der Waals surface area contributed by atoms with E-state index in [1.807, 2.05) is 24.3 Å². The fourth-order valence-electron chi connectivity index (χ4n) is 5.33. The average molecular weight is 515 g/mol. The molecule has 4 heteroatoms. The molecular weight excluding hydrogens is 472 g/mol. The Bertz CT molecular complexity index is 1460. The van der Waals surface area contributed by atoms with Crippen molar-refractivity contribution in [3.8, 4) is 11.5 Å². The van der Waals surface area contributed by atoms with E-state index in [1.54, 1.807) is 0 Å². The summed E-state index contributed by atoms with van der Waals surface area (Å²) < 4.78 is 24.6. The first-order valence-electron chi connectivity index (χ1n) is 14.8. The lowest BCUT2D eigenvalue weighted by Gasteiger charge is -2.06. The first-order valence-corrected chi connectivity index (χ1v) is 14.8. The molecule has 5 aromatic rings. The van der Waals surface area contributed by atoms with Gasteiger partial charge in [-0.05, 0) is 55.3 Å². The number of ether oxygens (including phenoxy) is 2. The van der Waals surface area contributed by atoms with Crippen LogP contribution in [0.5, 0.6) is 11.5 Å². The monoisotopic (exact) mass is 514 g/mol. The van der Waals surface area contributed by atoms with Gasteiger partial charge in [-0.1, -0.05) is 78.1 Å². The van der Waals surface area contributed by atoms with Crippen molar-refractivity contribution in [2.75, 3.05) is 13.2 Å². The largest absolute Gasteiger partial charge is 0.494 e. The molecule has 0 N–H and O–H groups in total. The SMILES string of the molecule is CCCCCCCCOc1ccc2c(c1)oc1cc3c(cc12)oc1ccc(OCCCCCCCC)cc13. The van der Waals surface area contributed by atoms with Gasteiger partial charge < -0.3 is 18.3 Å². The number of rotatable bonds is 16. The van der Waals surface area contributed by atoms with Gasteiger partial charge in [-0.2, -0.15) is 0 Å². The zero-order chi connectivity index (χ0) is 26.2. The third-order valence-corrected chi connectivity index (χ3v) is 7.54. The normalized spacial score (nSPS) is 11.8. The molecule has 2 heterocycles. The molecule has 38 heavy (non-hydrogen) atoms. The highest BCUT2D eigenvalue weighted by atomic mass is 16.5. The van der Waals surface area contributed by atoms with Crippen LogP contribution in [-0.4, -0.2) is 13.2 Å². The van der Waals surface area contributed by atoms with E-state index in [4.69, 9.17) is 18.3 Å². The van der Waals surface area contributed by atoms with Gasteiger partial charge in [0.25, 0.3) is 0 Å². The topological polar surface area (TPSA) is 44.7 Å². The van der Waals surface area contributed by atoms with Crippen molar-refractivity contribution in [2.24, 2.45) is 0 Å². The lowest BCUT2D eigenvalue weighted by Crippen LogP contribution is -1.97. The summed E-state index contributed by atoms with van der Waals surface area (Å²) >= 11 is 0. The Labute approximate surface area is 226 Å². The van der Waals surface area contributed by atoms with E-state index in [2.05, 4.69) is 38.1 Å². The molecule has 0 unspecified atom stereocenters. The Morgan fingerprint density at radius 1 is 0.447 bits per heavy atom. The fourth-order valence-corrected chi connectivity index (χ4v) is 5.33. The Balaban J connectivity index is 1.27. The molecule has 3 aromatic carbocycles. The number of benzene rings is 3. The molecule has 0 radical (unpaired) electrons. The molecule has 0 saturated carbocycles. The molecule has 2 aromatic heterocycles. The Morgan fingerprint density at radius 2 is 0.921 bits per heavy atom. The zero-order valence-electron chi connectivity index (χ0n) is 23.2. The molecule has 0 saturated heterocycles. The summed E-state index contributed by atoms with van der Waals surface area (Å²) in [5.41, 5.74) is 3.45. The summed E-state index contributed by atoms with van der Waals surface area (Å²) in [7, 11) is 0. The van der Waals surface area contributed by atoms with Crippen LogP contribution in [0.4, 0.5) is 0 Å². The maximum absolute atomic E-state index is 6.29. The number of unbranched alkanes of at least 4 members (excludes halogenated alkanes) is 10. The molecule has 0 atom stereocenters. The van der Waals surface area contributed by atoms with E-state index in [0.29, 0.717) is 0 Å². The van der Waals surface area contributed by atoms with E-state index in [1.165, 1.54) is 64.2 Å². The lowest BCUT2D eigenvalue weighted by molar-refractivity contribution is 0.304. The van der Waals surface area contributed by atoms with Gasteiger partial charge in [0.1, 0.15) is 33.8 Å². The van der Waals surface area contributed by atoms with E-state index in [9.17, 15) is 0 Å². The summed E-state index contributed by atoms with van der Waals surface area (Å²) in [4.78, 5) is 0. The Hall–Kier alpha value is -3.14. The first-order chi connectivity index (χ1) is 18.8. The molecule has 202 valence electrons. The molecule has 0 bridgehead atoms.